The number of hydrogen-bond acceptors (Lipinski definition) is 2. The minimum Gasteiger partial charge on any atom is -0.280 e. The molecule has 2 aromatic rings. The van der Waals surface area contributed by atoms with Gasteiger partial charge >= 0.3 is 0 Å². The van der Waals surface area contributed by atoms with E-state index in [0.29, 0.717) is 0 Å². The highest BCUT2D eigenvalue weighted by molar-refractivity contribution is 5.82. The van der Waals surface area contributed by atoms with Gasteiger partial charge < -0.3 is 0 Å². The molecular formula is C11H15N3. The number of H-pyrrole nitrogens is 1. The van der Waals surface area contributed by atoms with E-state index in [0.717, 1.165) is 11.3 Å². The van der Waals surface area contributed by atoms with Gasteiger partial charge in [0.05, 0.1) is 0 Å². The Bertz CT molecular complexity index is 463. The maximum atomic E-state index is 4.23. The van der Waals surface area contributed by atoms with Crippen LogP contribution in [0.4, 0.5) is 0 Å². The molecule has 0 unspecified atom stereocenters. The van der Waals surface area contributed by atoms with Crippen LogP contribution < -0.4 is 0 Å². The van der Waals surface area contributed by atoms with Gasteiger partial charge in [0.2, 0.25) is 0 Å². The number of aromatic amines is 1. The van der Waals surface area contributed by atoms with Crippen LogP contribution in [0.25, 0.3) is 11.0 Å². The predicted molar refractivity (Wildman–Crippen MR) is 57.3 cm³/mol. The largest absolute Gasteiger partial charge is 0.280 e. The minimum atomic E-state index is 0.135. The fourth-order valence-corrected chi connectivity index (χ4v) is 1.72. The van der Waals surface area contributed by atoms with Crippen molar-refractivity contribution >= 4 is 11.0 Å². The summed E-state index contributed by atoms with van der Waals surface area (Å²) in [5.41, 5.74) is 3.34. The Hall–Kier alpha value is -1.38. The van der Waals surface area contributed by atoms with E-state index in [1.807, 2.05) is 13.1 Å². The van der Waals surface area contributed by atoms with Gasteiger partial charge in [0.25, 0.3) is 0 Å². The van der Waals surface area contributed by atoms with E-state index >= 15 is 0 Å². The number of aromatic nitrogens is 3. The van der Waals surface area contributed by atoms with Crippen molar-refractivity contribution in [1.82, 2.24) is 15.2 Å². The number of pyridine rings is 1. The van der Waals surface area contributed by atoms with Crippen LogP contribution in [0.3, 0.4) is 0 Å². The van der Waals surface area contributed by atoms with Crippen molar-refractivity contribution in [2.24, 2.45) is 0 Å². The molecule has 0 fully saturated rings. The Labute approximate surface area is 83.6 Å². The first-order valence-electron chi connectivity index (χ1n) is 4.80. The second-order valence-electron chi connectivity index (χ2n) is 4.66. The maximum absolute atomic E-state index is 4.23. The van der Waals surface area contributed by atoms with E-state index in [-0.39, 0.29) is 5.41 Å². The fraction of sp³-hybridized carbons (Fsp3) is 0.455. The summed E-state index contributed by atoms with van der Waals surface area (Å²) in [6, 6.07) is 2.07. The minimum absolute atomic E-state index is 0.135. The summed E-state index contributed by atoms with van der Waals surface area (Å²) in [6.45, 7) is 8.64. The molecule has 0 amide bonds. The number of nitrogens with one attached hydrogen (secondary N) is 1. The summed E-state index contributed by atoms with van der Waals surface area (Å²) in [6.07, 6.45) is 1.82. The molecule has 3 nitrogen and oxygen atoms in total. The second-order valence-corrected chi connectivity index (χ2v) is 4.66. The van der Waals surface area contributed by atoms with Crippen LogP contribution >= 0.6 is 0 Å². The van der Waals surface area contributed by atoms with Crippen LogP contribution in [-0.2, 0) is 5.41 Å². The highest BCUT2D eigenvalue weighted by Crippen LogP contribution is 2.29. The lowest BCUT2D eigenvalue weighted by Gasteiger charge is -2.19. The summed E-state index contributed by atoms with van der Waals surface area (Å²) in [5.74, 6) is 0. The molecule has 2 aromatic heterocycles. The van der Waals surface area contributed by atoms with Gasteiger partial charge in [-0.3, -0.25) is 5.10 Å². The average Bonchev–Trinajstić information content (AvgIpc) is 2.46. The Morgan fingerprint density at radius 1 is 1.29 bits per heavy atom. The molecule has 0 aliphatic heterocycles. The van der Waals surface area contributed by atoms with Gasteiger partial charge in [0.15, 0.2) is 5.65 Å². The van der Waals surface area contributed by atoms with Gasteiger partial charge in [-0.2, -0.15) is 5.10 Å². The molecule has 14 heavy (non-hydrogen) atoms. The maximum Gasteiger partial charge on any atom is 0.181 e. The van der Waals surface area contributed by atoms with E-state index in [2.05, 4.69) is 42.0 Å². The van der Waals surface area contributed by atoms with Crippen LogP contribution in [0.1, 0.15) is 32.0 Å². The molecule has 0 spiro atoms. The van der Waals surface area contributed by atoms with Gasteiger partial charge in [-0.15, -0.1) is 0 Å². The van der Waals surface area contributed by atoms with Crippen molar-refractivity contribution < 1.29 is 0 Å². The number of hydrogen-bond donors (Lipinski definition) is 1. The zero-order chi connectivity index (χ0) is 10.3. The van der Waals surface area contributed by atoms with Crippen LogP contribution in [0.5, 0.6) is 0 Å². The smallest absolute Gasteiger partial charge is 0.181 e. The standard InChI is InChI=1S/C11H15N3/c1-7-9-8(11(2,3)4)5-6-12-10(9)14-13-7/h5-6H,1-4H3,(H,12,13,14). The van der Waals surface area contributed by atoms with Crippen LogP contribution in [0.15, 0.2) is 12.3 Å². The van der Waals surface area contributed by atoms with Crippen LogP contribution in [0, 0.1) is 6.92 Å². The molecule has 2 rings (SSSR count). The zero-order valence-corrected chi connectivity index (χ0v) is 9.05. The number of rotatable bonds is 0. The van der Waals surface area contributed by atoms with Crippen molar-refractivity contribution in [3.8, 4) is 0 Å². The lowest BCUT2D eigenvalue weighted by Crippen LogP contribution is -2.11. The fourth-order valence-electron chi connectivity index (χ4n) is 1.72. The van der Waals surface area contributed by atoms with E-state index in [9.17, 15) is 0 Å². The van der Waals surface area contributed by atoms with Crippen LogP contribution in [-0.4, -0.2) is 15.2 Å². The van der Waals surface area contributed by atoms with Crippen molar-refractivity contribution in [3.05, 3.63) is 23.5 Å². The molecule has 0 saturated heterocycles. The Balaban J connectivity index is 2.82. The van der Waals surface area contributed by atoms with Crippen molar-refractivity contribution in [3.63, 3.8) is 0 Å². The van der Waals surface area contributed by atoms with Gasteiger partial charge in [-0.1, -0.05) is 20.8 Å². The molecule has 74 valence electrons. The van der Waals surface area contributed by atoms with E-state index < -0.39 is 0 Å². The van der Waals surface area contributed by atoms with E-state index in [4.69, 9.17) is 0 Å². The number of aryl methyl sites for hydroxylation is 1. The first kappa shape index (κ1) is 9.19. The Kier molecular flexibility index (Phi) is 1.84. The first-order valence-corrected chi connectivity index (χ1v) is 4.80. The van der Waals surface area contributed by atoms with E-state index in [1.54, 1.807) is 0 Å². The lowest BCUT2D eigenvalue weighted by atomic mass is 9.85. The SMILES string of the molecule is Cc1[nH]nc2nccc(C(C)(C)C)c12. The molecule has 0 atom stereocenters. The molecule has 0 radical (unpaired) electrons. The monoisotopic (exact) mass is 189 g/mol. The molecule has 2 heterocycles. The molecule has 0 aliphatic rings. The summed E-state index contributed by atoms with van der Waals surface area (Å²) in [5, 5.41) is 8.30. The average molecular weight is 189 g/mol. The van der Waals surface area contributed by atoms with Crippen molar-refractivity contribution in [1.29, 1.82) is 0 Å². The molecule has 0 saturated carbocycles. The number of fused-ring (bicyclic) bond motifs is 1. The summed E-state index contributed by atoms with van der Waals surface area (Å²) in [7, 11) is 0. The van der Waals surface area contributed by atoms with Gasteiger partial charge in [-0.25, -0.2) is 4.98 Å². The molecular weight excluding hydrogens is 174 g/mol. The molecule has 0 aromatic carbocycles. The second kappa shape index (κ2) is 2.80. The third-order valence-corrected chi connectivity index (χ3v) is 2.44. The van der Waals surface area contributed by atoms with Gasteiger partial charge in [0, 0.05) is 17.3 Å². The molecule has 0 bridgehead atoms. The predicted octanol–water partition coefficient (Wildman–Crippen LogP) is 2.56. The molecule has 0 aliphatic carbocycles. The zero-order valence-electron chi connectivity index (χ0n) is 9.05. The third-order valence-electron chi connectivity index (χ3n) is 2.44. The van der Waals surface area contributed by atoms with Gasteiger partial charge in [0.1, 0.15) is 0 Å². The van der Waals surface area contributed by atoms with Crippen LogP contribution in [0.2, 0.25) is 0 Å². The highest BCUT2D eigenvalue weighted by Gasteiger charge is 2.19. The normalized spacial score (nSPS) is 12.3. The molecule has 1 N–H and O–H groups in total. The molecule has 3 heteroatoms. The highest BCUT2D eigenvalue weighted by atomic mass is 15.1. The lowest BCUT2D eigenvalue weighted by molar-refractivity contribution is 0.595. The Morgan fingerprint density at radius 2 is 2.00 bits per heavy atom. The third kappa shape index (κ3) is 1.29. The Morgan fingerprint density at radius 3 is 2.64 bits per heavy atom. The first-order chi connectivity index (χ1) is 6.50. The van der Waals surface area contributed by atoms with E-state index in [1.165, 1.54) is 10.9 Å². The van der Waals surface area contributed by atoms with Crippen molar-refractivity contribution in [2.45, 2.75) is 33.1 Å². The number of nitrogens with zero attached hydrogens (tertiary/aromatic N) is 2. The summed E-state index contributed by atoms with van der Waals surface area (Å²) in [4.78, 5) is 4.23. The van der Waals surface area contributed by atoms with Gasteiger partial charge in [-0.05, 0) is 24.0 Å². The quantitative estimate of drug-likeness (QED) is 0.692. The summed E-state index contributed by atoms with van der Waals surface area (Å²) < 4.78 is 0. The van der Waals surface area contributed by atoms with Crippen molar-refractivity contribution in [2.75, 3.05) is 0 Å². The topological polar surface area (TPSA) is 41.6 Å². The summed E-state index contributed by atoms with van der Waals surface area (Å²) >= 11 is 0.